The van der Waals surface area contributed by atoms with Gasteiger partial charge in [0, 0.05) is 16.5 Å². The molecule has 1 amide bonds. The number of nitrogens with two attached hydrogens (primary N) is 2. The van der Waals surface area contributed by atoms with Gasteiger partial charge >= 0.3 is 0 Å². The summed E-state index contributed by atoms with van der Waals surface area (Å²) in [6.45, 7) is 2.41. The minimum Gasteiger partial charge on any atom is -0.496 e. The van der Waals surface area contributed by atoms with Crippen LogP contribution in [-0.4, -0.2) is 29.8 Å². The Morgan fingerprint density at radius 2 is 1.96 bits per heavy atom. The Labute approximate surface area is 145 Å². The molecule has 0 fully saturated rings. The van der Waals surface area contributed by atoms with Gasteiger partial charge in [0.25, 0.3) is 5.91 Å². The number of methoxy groups -OCH3 is 1. The molecule has 0 spiro atoms. The molecule has 6 nitrogen and oxygen atoms in total. The third-order valence-corrected chi connectivity index (χ3v) is 4.17. The Balaban J connectivity index is 2.34. The number of primary amides is 1. The van der Waals surface area contributed by atoms with E-state index in [1.165, 1.54) is 0 Å². The second kappa shape index (κ2) is 6.86. The molecule has 0 bridgehead atoms. The van der Waals surface area contributed by atoms with E-state index in [9.17, 15) is 4.79 Å². The van der Waals surface area contributed by atoms with E-state index >= 15 is 0 Å². The lowest BCUT2D eigenvalue weighted by molar-refractivity contribution is 0.0994. The van der Waals surface area contributed by atoms with Gasteiger partial charge < -0.3 is 16.2 Å². The molecule has 128 valence electrons. The molecule has 0 unspecified atom stereocenters. The molecule has 3 rings (SSSR count). The van der Waals surface area contributed by atoms with Crippen LogP contribution in [0.1, 0.15) is 21.6 Å². The van der Waals surface area contributed by atoms with Crippen molar-refractivity contribution >= 4 is 16.8 Å². The van der Waals surface area contributed by atoms with Crippen molar-refractivity contribution in [2.75, 3.05) is 13.7 Å². The summed E-state index contributed by atoms with van der Waals surface area (Å²) in [6.07, 6.45) is 0.499. The summed E-state index contributed by atoms with van der Waals surface area (Å²) >= 11 is 0. The van der Waals surface area contributed by atoms with Crippen molar-refractivity contribution in [1.82, 2.24) is 10.2 Å². The van der Waals surface area contributed by atoms with Crippen LogP contribution in [-0.2, 0) is 6.42 Å². The van der Waals surface area contributed by atoms with Crippen molar-refractivity contribution in [1.29, 1.82) is 0 Å². The number of hydrogen-bond acceptors (Lipinski definition) is 5. The third-order valence-electron chi connectivity index (χ3n) is 4.17. The average Bonchev–Trinajstić information content (AvgIpc) is 2.61. The maximum absolute atomic E-state index is 11.7. The highest BCUT2D eigenvalue weighted by Gasteiger charge is 2.18. The zero-order valence-corrected chi connectivity index (χ0v) is 14.2. The largest absolute Gasteiger partial charge is 0.496 e. The second-order valence-electron chi connectivity index (χ2n) is 5.84. The van der Waals surface area contributed by atoms with Gasteiger partial charge in [0.05, 0.1) is 7.11 Å². The summed E-state index contributed by atoms with van der Waals surface area (Å²) < 4.78 is 5.50. The van der Waals surface area contributed by atoms with E-state index in [2.05, 4.69) is 10.2 Å². The molecule has 25 heavy (non-hydrogen) atoms. The molecule has 1 heterocycles. The van der Waals surface area contributed by atoms with Crippen LogP contribution in [0.25, 0.3) is 22.0 Å². The first-order chi connectivity index (χ1) is 12.1. The van der Waals surface area contributed by atoms with E-state index in [0.29, 0.717) is 18.5 Å². The highest BCUT2D eigenvalue weighted by Crippen LogP contribution is 2.35. The summed E-state index contributed by atoms with van der Waals surface area (Å²) in [5.41, 5.74) is 15.7. The van der Waals surface area contributed by atoms with Crippen LogP contribution >= 0.6 is 0 Å². The molecule has 0 aliphatic carbocycles. The molecule has 0 aliphatic rings. The van der Waals surface area contributed by atoms with Gasteiger partial charge in [-0.1, -0.05) is 29.8 Å². The van der Waals surface area contributed by atoms with Crippen molar-refractivity contribution in [2.24, 2.45) is 11.5 Å². The molecule has 0 radical (unpaired) electrons. The zero-order valence-electron chi connectivity index (χ0n) is 14.2. The minimum atomic E-state index is -0.601. The number of hydrogen-bond donors (Lipinski definition) is 2. The standard InChI is InChI=1S/C19H20N4O2/c1-11-6-7-16(25-2)15(10-11)13-5-3-4-12-14(8-9-20)18(19(21)24)23-22-17(12)13/h3-7,10H,8-9,20H2,1-2H3,(H2,21,24). The molecule has 3 aromatic rings. The predicted octanol–water partition coefficient (Wildman–Crippen LogP) is 2.21. The van der Waals surface area contributed by atoms with Crippen molar-refractivity contribution in [2.45, 2.75) is 13.3 Å². The highest BCUT2D eigenvalue weighted by atomic mass is 16.5. The van der Waals surface area contributed by atoms with Crippen LogP contribution in [0, 0.1) is 6.92 Å². The number of amides is 1. The van der Waals surface area contributed by atoms with Gasteiger partial charge in [-0.2, -0.15) is 0 Å². The molecular formula is C19H20N4O2. The topological polar surface area (TPSA) is 104 Å². The lowest BCUT2D eigenvalue weighted by Gasteiger charge is -2.14. The van der Waals surface area contributed by atoms with E-state index in [4.69, 9.17) is 16.2 Å². The number of carbonyl (C=O) groups excluding carboxylic acids is 1. The van der Waals surface area contributed by atoms with Gasteiger partial charge in [-0.3, -0.25) is 4.79 Å². The Kier molecular flexibility index (Phi) is 4.63. The number of nitrogens with zero attached hydrogens (tertiary/aromatic N) is 2. The molecule has 1 aromatic heterocycles. The van der Waals surface area contributed by atoms with Gasteiger partial charge in [-0.25, -0.2) is 0 Å². The molecule has 4 N–H and O–H groups in total. The summed E-state index contributed by atoms with van der Waals surface area (Å²) in [5, 5.41) is 9.18. The smallest absolute Gasteiger partial charge is 0.269 e. The lowest BCUT2D eigenvalue weighted by Crippen LogP contribution is -2.19. The van der Waals surface area contributed by atoms with Crippen LogP contribution in [0.15, 0.2) is 36.4 Å². The fourth-order valence-electron chi connectivity index (χ4n) is 3.03. The van der Waals surface area contributed by atoms with Crippen LogP contribution in [0.2, 0.25) is 0 Å². The molecular weight excluding hydrogens is 316 g/mol. The number of ether oxygens (including phenoxy) is 1. The Hall–Kier alpha value is -2.99. The zero-order chi connectivity index (χ0) is 18.0. The van der Waals surface area contributed by atoms with Crippen LogP contribution < -0.4 is 16.2 Å². The number of aromatic nitrogens is 2. The summed E-state index contributed by atoms with van der Waals surface area (Å²) in [5.74, 6) is 0.149. The molecule has 0 atom stereocenters. The Bertz CT molecular complexity index is 954. The maximum atomic E-state index is 11.7. The number of benzene rings is 2. The summed E-state index contributed by atoms with van der Waals surface area (Å²) in [6, 6.07) is 11.8. The first kappa shape index (κ1) is 16.9. The molecule has 0 saturated carbocycles. The molecule has 6 heteroatoms. The fourth-order valence-corrected chi connectivity index (χ4v) is 3.03. The quantitative estimate of drug-likeness (QED) is 0.743. The normalized spacial score (nSPS) is 10.8. The van der Waals surface area contributed by atoms with Gasteiger partial charge in [0.1, 0.15) is 11.3 Å². The van der Waals surface area contributed by atoms with Crippen molar-refractivity contribution in [3.63, 3.8) is 0 Å². The SMILES string of the molecule is COc1ccc(C)cc1-c1cccc2c(CCN)c(C(N)=O)nnc12. The molecule has 2 aromatic carbocycles. The molecule has 0 saturated heterocycles. The lowest BCUT2D eigenvalue weighted by atomic mass is 9.96. The average molecular weight is 336 g/mol. The van der Waals surface area contributed by atoms with E-state index in [-0.39, 0.29) is 5.69 Å². The van der Waals surface area contributed by atoms with E-state index in [0.717, 1.165) is 33.4 Å². The van der Waals surface area contributed by atoms with E-state index in [1.54, 1.807) is 7.11 Å². The van der Waals surface area contributed by atoms with Gasteiger partial charge in [-0.15, -0.1) is 10.2 Å². The van der Waals surface area contributed by atoms with Gasteiger partial charge in [0.2, 0.25) is 0 Å². The maximum Gasteiger partial charge on any atom is 0.269 e. The van der Waals surface area contributed by atoms with Crippen molar-refractivity contribution < 1.29 is 9.53 Å². The van der Waals surface area contributed by atoms with Crippen LogP contribution in [0.4, 0.5) is 0 Å². The van der Waals surface area contributed by atoms with Crippen LogP contribution in [0.5, 0.6) is 5.75 Å². The Morgan fingerprint density at radius 1 is 1.16 bits per heavy atom. The Morgan fingerprint density at radius 3 is 2.64 bits per heavy atom. The first-order valence-electron chi connectivity index (χ1n) is 8.00. The summed E-state index contributed by atoms with van der Waals surface area (Å²) in [4.78, 5) is 11.7. The molecule has 0 aliphatic heterocycles. The van der Waals surface area contributed by atoms with Crippen molar-refractivity contribution in [3.8, 4) is 16.9 Å². The van der Waals surface area contributed by atoms with Crippen molar-refractivity contribution in [3.05, 3.63) is 53.2 Å². The fraction of sp³-hybridized carbons (Fsp3) is 0.211. The minimum absolute atomic E-state index is 0.173. The highest BCUT2D eigenvalue weighted by molar-refractivity contribution is 6.01. The van der Waals surface area contributed by atoms with E-state index < -0.39 is 5.91 Å². The van der Waals surface area contributed by atoms with Gasteiger partial charge in [-0.05, 0) is 37.6 Å². The number of aryl methyl sites for hydroxylation is 1. The predicted molar refractivity (Wildman–Crippen MR) is 97.5 cm³/mol. The monoisotopic (exact) mass is 336 g/mol. The number of fused-ring (bicyclic) bond motifs is 1. The summed E-state index contributed by atoms with van der Waals surface area (Å²) in [7, 11) is 1.63. The van der Waals surface area contributed by atoms with Gasteiger partial charge in [0.15, 0.2) is 5.69 Å². The van der Waals surface area contributed by atoms with E-state index in [1.807, 2.05) is 43.3 Å². The third kappa shape index (κ3) is 3.04. The van der Waals surface area contributed by atoms with Crippen LogP contribution in [0.3, 0.4) is 0 Å². The number of carbonyl (C=O) groups is 1. The first-order valence-corrected chi connectivity index (χ1v) is 8.00. The number of rotatable bonds is 5. The second-order valence-corrected chi connectivity index (χ2v) is 5.84.